The Bertz CT molecular complexity index is 428. The van der Waals surface area contributed by atoms with Gasteiger partial charge in [0, 0.05) is 12.7 Å². The smallest absolute Gasteiger partial charge is 0.341 e. The number of hydrogen-bond acceptors (Lipinski definition) is 5. The molecule has 21 heavy (non-hydrogen) atoms. The number of rotatable bonds is 8. The Morgan fingerprint density at radius 2 is 2.05 bits per heavy atom. The number of carbonyl (C=O) groups is 2. The zero-order valence-corrected chi connectivity index (χ0v) is 12.9. The van der Waals surface area contributed by atoms with Gasteiger partial charge in [0.15, 0.2) is 0 Å². The molecule has 0 aromatic rings. The first-order chi connectivity index (χ1) is 9.92. The molecule has 0 radical (unpaired) electrons. The van der Waals surface area contributed by atoms with Gasteiger partial charge >= 0.3 is 12.0 Å². The molecule has 0 aromatic heterocycles. The molecule has 2 N–H and O–H groups in total. The quantitative estimate of drug-likeness (QED) is 0.235. The highest BCUT2D eigenvalue weighted by Gasteiger charge is 2.15. The van der Waals surface area contributed by atoms with E-state index in [0.29, 0.717) is 12.3 Å². The topological polar surface area (TPSA) is 89.0 Å². The van der Waals surface area contributed by atoms with Crippen LogP contribution in [0.5, 0.6) is 0 Å². The van der Waals surface area contributed by atoms with Gasteiger partial charge in [0.05, 0.1) is 12.3 Å². The van der Waals surface area contributed by atoms with Crippen LogP contribution in [-0.4, -0.2) is 37.0 Å². The van der Waals surface area contributed by atoms with Crippen molar-refractivity contribution in [3.8, 4) is 0 Å². The zero-order valence-electron chi connectivity index (χ0n) is 12.9. The van der Waals surface area contributed by atoms with Crippen molar-refractivity contribution >= 4 is 17.7 Å². The molecule has 0 saturated heterocycles. The number of nitrogens with zero attached hydrogens (tertiary/aromatic N) is 1. The predicted molar refractivity (Wildman–Crippen MR) is 80.8 cm³/mol. The third kappa shape index (κ3) is 8.46. The second kappa shape index (κ2) is 10.5. The zero-order chi connectivity index (χ0) is 16.3. The Balaban J connectivity index is 4.95. The highest BCUT2D eigenvalue weighted by Crippen LogP contribution is 2.03. The van der Waals surface area contributed by atoms with Crippen molar-refractivity contribution in [2.75, 3.05) is 13.2 Å². The summed E-state index contributed by atoms with van der Waals surface area (Å²) in [6.45, 7) is 10.9. The highest BCUT2D eigenvalue weighted by atomic mass is 16.6. The van der Waals surface area contributed by atoms with Crippen molar-refractivity contribution in [1.29, 1.82) is 0 Å². The van der Waals surface area contributed by atoms with Crippen molar-refractivity contribution < 1.29 is 19.2 Å². The molecule has 0 heterocycles. The summed E-state index contributed by atoms with van der Waals surface area (Å²) < 4.78 is 4.91. The molecule has 0 spiro atoms. The van der Waals surface area contributed by atoms with Crippen LogP contribution in [0.2, 0.25) is 0 Å². The van der Waals surface area contributed by atoms with Gasteiger partial charge in [0.2, 0.25) is 0 Å². The van der Waals surface area contributed by atoms with Crippen LogP contribution in [0.4, 0.5) is 4.79 Å². The minimum atomic E-state index is -0.588. The number of ether oxygens (including phenoxy) is 1. The first kappa shape index (κ1) is 18.7. The Morgan fingerprint density at radius 3 is 2.57 bits per heavy atom. The van der Waals surface area contributed by atoms with Crippen LogP contribution < -0.4 is 10.6 Å². The average molecular weight is 297 g/mol. The summed E-state index contributed by atoms with van der Waals surface area (Å²) in [5, 5.41) is 8.77. The molecule has 7 nitrogen and oxygen atoms in total. The fourth-order valence-electron chi connectivity index (χ4n) is 1.11. The van der Waals surface area contributed by atoms with E-state index in [1.807, 2.05) is 13.8 Å². The lowest BCUT2D eigenvalue weighted by Crippen LogP contribution is -2.33. The van der Waals surface area contributed by atoms with E-state index in [1.165, 1.54) is 6.20 Å². The van der Waals surface area contributed by atoms with Crippen molar-refractivity contribution in [2.24, 2.45) is 5.16 Å². The number of esters is 1. The van der Waals surface area contributed by atoms with Gasteiger partial charge in [-0.2, -0.15) is 0 Å². The average Bonchev–Trinajstić information content (AvgIpc) is 2.43. The van der Waals surface area contributed by atoms with Crippen LogP contribution in [0.3, 0.4) is 0 Å². The molecule has 0 atom stereocenters. The van der Waals surface area contributed by atoms with Crippen LogP contribution in [0.1, 0.15) is 27.7 Å². The number of amides is 2. The van der Waals surface area contributed by atoms with Gasteiger partial charge in [-0.1, -0.05) is 11.2 Å². The van der Waals surface area contributed by atoms with Crippen LogP contribution in [-0.2, 0) is 14.4 Å². The lowest BCUT2D eigenvalue weighted by molar-refractivity contribution is -0.137. The third-order valence-corrected chi connectivity index (χ3v) is 2.04. The van der Waals surface area contributed by atoms with Crippen molar-refractivity contribution in [3.63, 3.8) is 0 Å². The standard InChI is InChI=1S/C14H23N3O4/c1-6-8-15-14(19)16-9-12(13(18)20-7-2)11(5)17-21-10(3)4/h6,9-10H,1,7-8H2,2-5H3,(H2,15,16,19). The highest BCUT2D eigenvalue weighted by molar-refractivity contribution is 6.18. The summed E-state index contributed by atoms with van der Waals surface area (Å²) in [5.74, 6) is -0.588. The molecule has 118 valence electrons. The Kier molecular flexibility index (Phi) is 9.32. The summed E-state index contributed by atoms with van der Waals surface area (Å²) in [6.07, 6.45) is 2.66. The first-order valence-electron chi connectivity index (χ1n) is 6.65. The molecular weight excluding hydrogens is 274 g/mol. The van der Waals surface area contributed by atoms with Crippen LogP contribution in [0.15, 0.2) is 29.6 Å². The normalized spacial score (nSPS) is 11.9. The van der Waals surface area contributed by atoms with Gasteiger partial charge in [-0.3, -0.25) is 0 Å². The molecule has 0 rings (SSSR count). The van der Waals surface area contributed by atoms with Crippen LogP contribution >= 0.6 is 0 Å². The summed E-state index contributed by atoms with van der Waals surface area (Å²) in [5.41, 5.74) is 0.428. The summed E-state index contributed by atoms with van der Waals surface area (Å²) in [4.78, 5) is 28.4. The molecule has 0 fully saturated rings. The lowest BCUT2D eigenvalue weighted by atomic mass is 10.2. The monoisotopic (exact) mass is 297 g/mol. The Morgan fingerprint density at radius 1 is 1.38 bits per heavy atom. The van der Waals surface area contributed by atoms with E-state index in [0.717, 1.165) is 0 Å². The summed E-state index contributed by atoms with van der Waals surface area (Å²) >= 11 is 0. The second-order valence-electron chi connectivity index (χ2n) is 4.25. The fourth-order valence-corrected chi connectivity index (χ4v) is 1.11. The maximum atomic E-state index is 11.8. The van der Waals surface area contributed by atoms with E-state index in [2.05, 4.69) is 22.4 Å². The minimum absolute atomic E-state index is 0.117. The number of hydrogen-bond donors (Lipinski definition) is 2. The van der Waals surface area contributed by atoms with Crippen LogP contribution in [0.25, 0.3) is 0 Å². The number of oxime groups is 1. The minimum Gasteiger partial charge on any atom is -0.462 e. The molecule has 2 amide bonds. The molecule has 0 unspecified atom stereocenters. The number of nitrogens with one attached hydrogen (secondary N) is 2. The number of carbonyl (C=O) groups excluding carboxylic acids is 2. The Hall–Kier alpha value is -2.31. The summed E-state index contributed by atoms with van der Waals surface area (Å²) in [7, 11) is 0. The van der Waals surface area contributed by atoms with E-state index >= 15 is 0 Å². The summed E-state index contributed by atoms with van der Waals surface area (Å²) in [6, 6.07) is -0.464. The van der Waals surface area contributed by atoms with Crippen molar-refractivity contribution in [3.05, 3.63) is 24.4 Å². The molecule has 0 aliphatic carbocycles. The molecular formula is C14H23N3O4. The fraction of sp³-hybridized carbons (Fsp3) is 0.500. The van der Waals surface area contributed by atoms with Gasteiger partial charge in [0.1, 0.15) is 11.7 Å². The molecule has 0 aromatic carbocycles. The first-order valence-corrected chi connectivity index (χ1v) is 6.65. The SMILES string of the molecule is C=CCNC(=O)NC=C(C(=O)OCC)C(C)=NOC(C)C. The molecule has 0 aliphatic rings. The van der Waals surface area contributed by atoms with E-state index < -0.39 is 12.0 Å². The van der Waals surface area contributed by atoms with E-state index in [9.17, 15) is 9.59 Å². The predicted octanol–water partition coefficient (Wildman–Crippen LogP) is 1.72. The van der Waals surface area contributed by atoms with Crippen molar-refractivity contribution in [2.45, 2.75) is 33.8 Å². The van der Waals surface area contributed by atoms with Gasteiger partial charge in [0.25, 0.3) is 0 Å². The second-order valence-corrected chi connectivity index (χ2v) is 4.25. The molecule has 0 saturated carbocycles. The lowest BCUT2D eigenvalue weighted by Gasteiger charge is -2.09. The van der Waals surface area contributed by atoms with Crippen LogP contribution in [0, 0.1) is 0 Å². The van der Waals surface area contributed by atoms with Gasteiger partial charge < -0.3 is 20.2 Å². The maximum absolute atomic E-state index is 11.8. The van der Waals surface area contributed by atoms with E-state index in [1.54, 1.807) is 19.9 Å². The van der Waals surface area contributed by atoms with Crippen molar-refractivity contribution in [1.82, 2.24) is 10.6 Å². The number of urea groups is 1. The third-order valence-electron chi connectivity index (χ3n) is 2.04. The Labute approximate surface area is 125 Å². The van der Waals surface area contributed by atoms with E-state index in [-0.39, 0.29) is 18.3 Å². The molecule has 0 aliphatic heterocycles. The molecule has 7 heteroatoms. The van der Waals surface area contributed by atoms with Gasteiger partial charge in [-0.05, 0) is 27.7 Å². The van der Waals surface area contributed by atoms with E-state index in [4.69, 9.17) is 9.57 Å². The van der Waals surface area contributed by atoms with Gasteiger partial charge in [-0.25, -0.2) is 9.59 Å². The maximum Gasteiger partial charge on any atom is 0.341 e. The molecule has 0 bridgehead atoms. The largest absolute Gasteiger partial charge is 0.462 e. The van der Waals surface area contributed by atoms with Gasteiger partial charge in [-0.15, -0.1) is 6.58 Å².